The summed E-state index contributed by atoms with van der Waals surface area (Å²) in [4.78, 5) is 15.7. The zero-order valence-electron chi connectivity index (χ0n) is 51.6. The molecule has 0 spiro atoms. The van der Waals surface area contributed by atoms with Gasteiger partial charge in [-0.05, 0) is 191 Å². The minimum Gasteiger partial charge on any atom is -0.354 e. The number of allylic oxidation sites excluding steroid dienone is 4. The fraction of sp³-hybridized carbons (Fsp3) is 0.353. The van der Waals surface area contributed by atoms with Crippen LogP contribution in [0.25, 0.3) is 88.9 Å². The zero-order valence-corrected chi connectivity index (χ0v) is 51.6. The van der Waals surface area contributed by atoms with Crippen molar-refractivity contribution < 1.29 is 105 Å². The van der Waals surface area contributed by atoms with Gasteiger partial charge in [0, 0.05) is 22.3 Å². The Morgan fingerprint density at radius 3 is 0.490 bits per heavy atom. The van der Waals surface area contributed by atoms with E-state index < -0.39 is 183 Å². The maximum atomic E-state index is 15.3. The summed E-state index contributed by atoms with van der Waals surface area (Å²) in [6.45, 7) is 11.1. The number of aryl methyl sites for hydroxylation is 4. The molecule has 0 radical (unpaired) electrons. The minimum absolute atomic E-state index is 0.120. The van der Waals surface area contributed by atoms with Crippen LogP contribution in [0.3, 0.4) is 0 Å². The molecule has 3 aromatic heterocycles. The molecule has 0 amide bonds. The van der Waals surface area contributed by atoms with Crippen molar-refractivity contribution in [3.8, 4) is 44.5 Å². The van der Waals surface area contributed by atoms with Crippen molar-refractivity contribution in [1.82, 2.24) is 19.9 Å². The van der Waals surface area contributed by atoms with Crippen molar-refractivity contribution >= 4 is 44.4 Å². The van der Waals surface area contributed by atoms with Crippen LogP contribution in [0.2, 0.25) is 0 Å². The van der Waals surface area contributed by atoms with E-state index in [1.165, 1.54) is 55.4 Å². The average Bonchev–Trinajstić information content (AvgIpc) is 1.56. The van der Waals surface area contributed by atoms with Crippen molar-refractivity contribution in [3.63, 3.8) is 0 Å². The number of aromatic nitrogens is 4. The fourth-order valence-corrected chi connectivity index (χ4v) is 13.0. The van der Waals surface area contributed by atoms with Gasteiger partial charge in [-0.15, -0.1) is 0 Å². The normalized spacial score (nSPS) is 14.1. The lowest BCUT2D eigenvalue weighted by molar-refractivity contribution is -0.144. The molecule has 0 atom stereocenters. The number of rotatable bonds is 12. The topological polar surface area (TPSA) is 57.4 Å². The summed E-state index contributed by atoms with van der Waals surface area (Å²) in [5.41, 5.74) is -27.9. The van der Waals surface area contributed by atoms with Crippen LogP contribution in [-0.4, -0.2) is 19.9 Å². The second-order valence-electron chi connectivity index (χ2n) is 22.7. The number of halogens is 24. The maximum Gasteiger partial charge on any atom is 0.416 e. The molecule has 9 rings (SSSR count). The van der Waals surface area contributed by atoms with Crippen molar-refractivity contribution in [3.05, 3.63) is 162 Å². The Bertz CT molecular complexity index is 3800. The number of H-pyrrole nitrogens is 2. The Morgan fingerprint density at radius 2 is 0.375 bits per heavy atom. The molecule has 2 aliphatic rings. The minimum atomic E-state index is -5.61. The van der Waals surface area contributed by atoms with Crippen molar-refractivity contribution in [2.75, 3.05) is 0 Å². The van der Waals surface area contributed by atoms with Gasteiger partial charge in [-0.1, -0.05) is 55.4 Å². The van der Waals surface area contributed by atoms with E-state index in [0.717, 1.165) is 0 Å². The predicted molar refractivity (Wildman–Crippen MR) is 315 cm³/mol. The largest absolute Gasteiger partial charge is 0.416 e. The highest BCUT2D eigenvalue weighted by Gasteiger charge is 2.44. The second kappa shape index (κ2) is 25.0. The van der Waals surface area contributed by atoms with Crippen LogP contribution < -0.4 is 0 Å². The smallest absolute Gasteiger partial charge is 0.354 e. The molecule has 96 heavy (non-hydrogen) atoms. The molecule has 5 heterocycles. The standard InChI is InChI=1S/C68H54F24N4/c1-9-41-42(10-2)54-50(30-19-35(63(75,76)77)26-36(20-30)64(78,79)80)56-45(13-5)46(14-6)58(95-56)52(32-23-39(67(87,88)89)28-40(24-32)68(90,91)92)60-48(16-8)47(15-7)59(96-60)51(31-21-37(65(81,82)83)27-38(22-31)66(84,85)86)57-44(12-4)43(11-3)55(94-57)49(53(41)93-54)29-17-33(61(69,70)71)25-34(18-29)62(72,73)74/h17-28,93,96H,9-16H2,1-8H3. The molecular weight excluding hydrogens is 1330 g/mol. The van der Waals surface area contributed by atoms with E-state index in [9.17, 15) is 0 Å². The van der Waals surface area contributed by atoms with E-state index >= 15 is 105 Å². The number of fused-ring (bicyclic) bond motifs is 8. The Hall–Kier alpha value is -8.20. The molecule has 514 valence electrons. The number of hydrogen-bond donors (Lipinski definition) is 2. The van der Waals surface area contributed by atoms with Crippen LogP contribution in [-0.2, 0) is 75.1 Å². The van der Waals surface area contributed by atoms with Gasteiger partial charge in [-0.25, -0.2) is 9.97 Å². The molecule has 4 aromatic carbocycles. The molecule has 2 N–H and O–H groups in total. The molecular formula is C68H54F24N4. The van der Waals surface area contributed by atoms with Gasteiger partial charge < -0.3 is 9.97 Å². The van der Waals surface area contributed by atoms with E-state index in [2.05, 4.69) is 9.97 Å². The second-order valence-corrected chi connectivity index (χ2v) is 22.7. The molecule has 0 saturated carbocycles. The SMILES string of the molecule is CCC1=C(CC)c2nc1c(-c1cc(C(F)(F)F)cc(C(F)(F)F)c1)c1[nH]c(c(CC)c1CC)c(-c1cc(C(F)(F)F)cc(C(F)(F)F)c1)c1nc(c(-c3cc(C(F)(F)F)cc(C(F)(F)F)c3)c3[nH]c(c(CC)c3CC)c2-c2cc(C(F)(F)F)cc(C(F)(F)F)c2)C(CC)=C1CC. The third-order valence-corrected chi connectivity index (χ3v) is 17.0. The summed E-state index contributed by atoms with van der Waals surface area (Å²) >= 11 is 0. The summed E-state index contributed by atoms with van der Waals surface area (Å²) in [5.74, 6) is 0. The molecule has 0 fully saturated rings. The number of benzene rings is 4. The summed E-state index contributed by atoms with van der Waals surface area (Å²) in [5, 5.41) is 0. The first-order valence-electron chi connectivity index (χ1n) is 29.8. The van der Waals surface area contributed by atoms with Crippen LogP contribution in [0.4, 0.5) is 105 Å². The van der Waals surface area contributed by atoms with Crippen LogP contribution in [0.5, 0.6) is 0 Å². The first-order valence-corrected chi connectivity index (χ1v) is 29.8. The lowest BCUT2D eigenvalue weighted by atomic mass is 9.88. The Morgan fingerprint density at radius 1 is 0.229 bits per heavy atom. The summed E-state index contributed by atoms with van der Waals surface area (Å²) < 4.78 is 366. The third kappa shape index (κ3) is 13.2. The predicted octanol–water partition coefficient (Wildman–Crippen LogP) is 24.8. The van der Waals surface area contributed by atoms with Gasteiger partial charge >= 0.3 is 49.4 Å². The molecule has 0 saturated heterocycles. The van der Waals surface area contributed by atoms with Crippen LogP contribution >= 0.6 is 0 Å². The average molecular weight is 1380 g/mol. The molecule has 0 aliphatic carbocycles. The first-order chi connectivity index (χ1) is 44.3. The fourth-order valence-electron chi connectivity index (χ4n) is 13.0. The zero-order chi connectivity index (χ0) is 71.4. The van der Waals surface area contributed by atoms with Gasteiger partial charge in [0.25, 0.3) is 0 Å². The molecule has 2 aliphatic heterocycles. The first kappa shape index (κ1) is 72.1. The highest BCUT2D eigenvalue weighted by molar-refractivity contribution is 6.09. The van der Waals surface area contributed by atoms with Crippen molar-refractivity contribution in [2.45, 2.75) is 156 Å². The number of nitrogens with one attached hydrogen (secondary N) is 2. The summed E-state index contributed by atoms with van der Waals surface area (Å²) in [7, 11) is 0. The molecule has 4 nitrogen and oxygen atoms in total. The quantitative estimate of drug-likeness (QED) is 0.120. The van der Waals surface area contributed by atoms with Gasteiger partial charge in [-0.2, -0.15) is 105 Å². The van der Waals surface area contributed by atoms with E-state index in [4.69, 9.17) is 9.97 Å². The van der Waals surface area contributed by atoms with Crippen LogP contribution in [0, 0.1) is 0 Å². The van der Waals surface area contributed by atoms with E-state index in [-0.39, 0.29) is 169 Å². The summed E-state index contributed by atoms with van der Waals surface area (Å²) in [6, 6.07) is 1.26. The van der Waals surface area contributed by atoms with Crippen LogP contribution in [0.1, 0.15) is 171 Å². The number of aromatic amines is 2. The highest BCUT2D eigenvalue weighted by Crippen LogP contribution is 2.54. The van der Waals surface area contributed by atoms with Crippen molar-refractivity contribution in [2.24, 2.45) is 0 Å². The molecule has 7 aromatic rings. The Balaban J connectivity index is 1.82. The lowest BCUT2D eigenvalue weighted by Gasteiger charge is -2.17. The Labute approximate surface area is 531 Å². The van der Waals surface area contributed by atoms with Crippen LogP contribution in [0.15, 0.2) is 72.8 Å². The van der Waals surface area contributed by atoms with Gasteiger partial charge in [0.15, 0.2) is 0 Å². The van der Waals surface area contributed by atoms with E-state index in [1.54, 1.807) is 0 Å². The number of nitrogens with zero attached hydrogens (tertiary/aromatic N) is 2. The van der Waals surface area contributed by atoms with Gasteiger partial charge in [0.1, 0.15) is 0 Å². The molecule has 8 bridgehead atoms. The van der Waals surface area contributed by atoms with Gasteiger partial charge in [0.05, 0.1) is 89.4 Å². The highest BCUT2D eigenvalue weighted by atomic mass is 19.4. The molecule has 28 heteroatoms. The van der Waals surface area contributed by atoms with Gasteiger partial charge in [0.2, 0.25) is 0 Å². The monoisotopic (exact) mass is 1380 g/mol. The van der Waals surface area contributed by atoms with Crippen molar-refractivity contribution in [1.29, 1.82) is 0 Å². The number of hydrogen-bond acceptors (Lipinski definition) is 2. The molecule has 0 unspecified atom stereocenters. The maximum absolute atomic E-state index is 15.3. The lowest BCUT2D eigenvalue weighted by Crippen LogP contribution is -2.11. The van der Waals surface area contributed by atoms with E-state index in [1.807, 2.05) is 0 Å². The Kier molecular flexibility index (Phi) is 18.8. The number of alkyl halides is 24. The summed E-state index contributed by atoms with van der Waals surface area (Å²) in [6.07, 6.45) is -47.9. The third-order valence-electron chi connectivity index (χ3n) is 17.0. The van der Waals surface area contributed by atoms with Gasteiger partial charge in [-0.3, -0.25) is 0 Å². The van der Waals surface area contributed by atoms with E-state index in [0.29, 0.717) is 0 Å².